The monoisotopic (exact) mass is 252 g/mol. The van der Waals surface area contributed by atoms with Crippen LogP contribution in [-0.2, 0) is 0 Å². The number of hydrogen-bond acceptors (Lipinski definition) is 2. The molecule has 2 nitrogen and oxygen atoms in total. The highest BCUT2D eigenvalue weighted by molar-refractivity contribution is 5.06. The van der Waals surface area contributed by atoms with Crippen LogP contribution in [0.5, 0.6) is 0 Å². The lowest BCUT2D eigenvalue weighted by Gasteiger charge is -2.48. The van der Waals surface area contributed by atoms with Crippen molar-refractivity contribution in [3.63, 3.8) is 0 Å². The van der Waals surface area contributed by atoms with Crippen LogP contribution in [0.2, 0.25) is 0 Å². The Kier molecular flexibility index (Phi) is 5.08. The van der Waals surface area contributed by atoms with Crippen LogP contribution < -0.4 is 5.32 Å². The maximum atomic E-state index is 3.72. The van der Waals surface area contributed by atoms with Crippen molar-refractivity contribution in [2.75, 3.05) is 20.1 Å². The minimum Gasteiger partial charge on any atom is -0.315 e. The molecule has 1 heterocycles. The van der Waals surface area contributed by atoms with Gasteiger partial charge in [-0.1, -0.05) is 39.5 Å². The van der Waals surface area contributed by atoms with Crippen molar-refractivity contribution in [1.29, 1.82) is 0 Å². The van der Waals surface area contributed by atoms with Crippen LogP contribution in [0.25, 0.3) is 0 Å². The van der Waals surface area contributed by atoms with Gasteiger partial charge in [0.1, 0.15) is 0 Å². The van der Waals surface area contributed by atoms with E-state index in [4.69, 9.17) is 0 Å². The third kappa shape index (κ3) is 2.46. The lowest BCUT2D eigenvalue weighted by molar-refractivity contribution is 0.0515. The molecule has 2 heteroatoms. The van der Waals surface area contributed by atoms with Crippen molar-refractivity contribution in [2.45, 2.75) is 76.8 Å². The number of nitrogens with one attached hydrogen (secondary N) is 1. The van der Waals surface area contributed by atoms with E-state index in [2.05, 4.69) is 31.1 Å². The summed E-state index contributed by atoms with van der Waals surface area (Å²) in [7, 11) is 2.19. The first kappa shape index (κ1) is 14.3. The first-order valence-corrected chi connectivity index (χ1v) is 8.20. The quantitative estimate of drug-likeness (QED) is 0.779. The normalized spacial score (nSPS) is 26.0. The number of nitrogens with zero attached hydrogens (tertiary/aromatic N) is 1. The average molecular weight is 252 g/mol. The average Bonchev–Trinajstić information content (AvgIpc) is 3.06. The van der Waals surface area contributed by atoms with Gasteiger partial charge in [-0.05, 0) is 51.7 Å². The van der Waals surface area contributed by atoms with Crippen LogP contribution in [0.3, 0.4) is 0 Å². The molecular formula is C16H32N2. The second kappa shape index (κ2) is 6.38. The smallest absolute Gasteiger partial charge is 0.0365 e. The fourth-order valence-electron chi connectivity index (χ4n) is 4.68. The predicted molar refractivity (Wildman–Crippen MR) is 78.9 cm³/mol. The molecule has 106 valence electrons. The molecule has 1 saturated heterocycles. The minimum atomic E-state index is 0.488. The summed E-state index contributed by atoms with van der Waals surface area (Å²) in [5.41, 5.74) is 0.488. The summed E-state index contributed by atoms with van der Waals surface area (Å²) in [6, 6.07) is 0.702. The fourth-order valence-corrected chi connectivity index (χ4v) is 4.68. The van der Waals surface area contributed by atoms with Crippen molar-refractivity contribution in [3.8, 4) is 0 Å². The Bertz CT molecular complexity index is 235. The summed E-state index contributed by atoms with van der Waals surface area (Å²) < 4.78 is 0. The number of rotatable bonds is 6. The fraction of sp³-hybridized carbons (Fsp3) is 1.00. The molecule has 2 rings (SSSR count). The molecule has 1 aliphatic heterocycles. The molecule has 1 unspecified atom stereocenters. The van der Waals surface area contributed by atoms with Gasteiger partial charge >= 0.3 is 0 Å². The molecule has 2 aliphatic rings. The molecule has 0 amide bonds. The molecule has 0 aromatic carbocycles. The van der Waals surface area contributed by atoms with E-state index in [-0.39, 0.29) is 0 Å². The number of likely N-dealkylation sites (N-methyl/N-ethyl adjacent to an activating group) is 1. The molecule has 1 atom stereocenters. The first-order chi connectivity index (χ1) is 8.78. The Labute approximate surface area is 114 Å². The molecule has 0 radical (unpaired) electrons. The van der Waals surface area contributed by atoms with Crippen molar-refractivity contribution in [1.82, 2.24) is 10.2 Å². The van der Waals surface area contributed by atoms with Gasteiger partial charge in [-0.2, -0.15) is 0 Å². The van der Waals surface area contributed by atoms with Gasteiger partial charge in [-0.15, -0.1) is 0 Å². The Morgan fingerprint density at radius 3 is 2.00 bits per heavy atom. The summed E-state index contributed by atoms with van der Waals surface area (Å²) in [6.07, 6.45) is 11.2. The Morgan fingerprint density at radius 1 is 1.00 bits per heavy atom. The van der Waals surface area contributed by atoms with E-state index in [1.54, 1.807) is 0 Å². The highest BCUT2D eigenvalue weighted by atomic mass is 15.2. The highest BCUT2D eigenvalue weighted by Gasteiger charge is 2.47. The molecule has 18 heavy (non-hydrogen) atoms. The summed E-state index contributed by atoms with van der Waals surface area (Å²) in [5.74, 6) is 0.841. The van der Waals surface area contributed by atoms with Crippen molar-refractivity contribution < 1.29 is 0 Å². The van der Waals surface area contributed by atoms with Gasteiger partial charge in [0.25, 0.3) is 0 Å². The molecule has 0 bridgehead atoms. The molecule has 1 N–H and O–H groups in total. The number of likely N-dealkylation sites (tertiary alicyclic amines) is 1. The van der Waals surface area contributed by atoms with Crippen LogP contribution in [0.4, 0.5) is 0 Å². The van der Waals surface area contributed by atoms with E-state index in [1.165, 1.54) is 64.5 Å². The highest BCUT2D eigenvalue weighted by Crippen LogP contribution is 2.43. The maximum absolute atomic E-state index is 3.72. The summed E-state index contributed by atoms with van der Waals surface area (Å²) in [4.78, 5) is 2.85. The second-order valence-electron chi connectivity index (χ2n) is 6.35. The van der Waals surface area contributed by atoms with Crippen LogP contribution in [0.15, 0.2) is 0 Å². The van der Waals surface area contributed by atoms with E-state index >= 15 is 0 Å². The largest absolute Gasteiger partial charge is 0.315 e. The molecule has 0 aromatic heterocycles. The zero-order valence-electron chi connectivity index (χ0n) is 12.7. The third-order valence-electron chi connectivity index (χ3n) is 5.62. The van der Waals surface area contributed by atoms with Crippen molar-refractivity contribution in [2.24, 2.45) is 5.92 Å². The Balaban J connectivity index is 2.20. The van der Waals surface area contributed by atoms with Crippen LogP contribution in [-0.4, -0.2) is 36.6 Å². The first-order valence-electron chi connectivity index (χ1n) is 8.20. The standard InChI is InChI=1S/C16H32N2/c1-4-14(5-2)15(17-3)16(10-6-7-11-16)18-12-8-9-13-18/h14-15,17H,4-13H2,1-3H3. The van der Waals surface area contributed by atoms with Crippen LogP contribution in [0, 0.1) is 5.92 Å². The van der Waals surface area contributed by atoms with Gasteiger partial charge < -0.3 is 5.32 Å². The van der Waals surface area contributed by atoms with Gasteiger partial charge in [-0.3, -0.25) is 4.90 Å². The molecule has 0 aromatic rings. The van der Waals surface area contributed by atoms with E-state index in [9.17, 15) is 0 Å². The minimum absolute atomic E-state index is 0.488. The zero-order chi connectivity index (χ0) is 13.0. The molecule has 1 saturated carbocycles. The van der Waals surface area contributed by atoms with Gasteiger partial charge in [-0.25, -0.2) is 0 Å². The van der Waals surface area contributed by atoms with E-state index < -0.39 is 0 Å². The van der Waals surface area contributed by atoms with Crippen LogP contribution >= 0.6 is 0 Å². The van der Waals surface area contributed by atoms with E-state index in [1.807, 2.05) is 0 Å². The summed E-state index contributed by atoms with van der Waals surface area (Å²) in [5, 5.41) is 3.72. The van der Waals surface area contributed by atoms with E-state index in [0.717, 1.165) is 5.92 Å². The molecular weight excluding hydrogens is 220 g/mol. The lowest BCUT2D eigenvalue weighted by atomic mass is 9.76. The lowest BCUT2D eigenvalue weighted by Crippen LogP contribution is -2.61. The molecule has 2 fully saturated rings. The SMILES string of the molecule is CCC(CC)C(NC)C1(N2CCCC2)CCCC1. The van der Waals surface area contributed by atoms with Gasteiger partial charge in [0.05, 0.1) is 0 Å². The van der Waals surface area contributed by atoms with Crippen molar-refractivity contribution >= 4 is 0 Å². The molecule has 0 spiro atoms. The Hall–Kier alpha value is -0.0800. The van der Waals surface area contributed by atoms with Gasteiger partial charge in [0.2, 0.25) is 0 Å². The van der Waals surface area contributed by atoms with Crippen LogP contribution in [0.1, 0.15) is 65.2 Å². The number of hydrogen-bond donors (Lipinski definition) is 1. The van der Waals surface area contributed by atoms with Gasteiger partial charge in [0.15, 0.2) is 0 Å². The second-order valence-corrected chi connectivity index (χ2v) is 6.35. The summed E-state index contributed by atoms with van der Waals surface area (Å²) in [6.45, 7) is 7.42. The molecule has 1 aliphatic carbocycles. The van der Waals surface area contributed by atoms with Crippen molar-refractivity contribution in [3.05, 3.63) is 0 Å². The van der Waals surface area contributed by atoms with Gasteiger partial charge in [0, 0.05) is 11.6 Å². The maximum Gasteiger partial charge on any atom is 0.0365 e. The predicted octanol–water partition coefficient (Wildman–Crippen LogP) is 3.42. The zero-order valence-corrected chi connectivity index (χ0v) is 12.7. The topological polar surface area (TPSA) is 15.3 Å². The third-order valence-corrected chi connectivity index (χ3v) is 5.62. The van der Waals surface area contributed by atoms with E-state index in [0.29, 0.717) is 11.6 Å². The Morgan fingerprint density at radius 2 is 1.56 bits per heavy atom. The summed E-state index contributed by atoms with van der Waals surface area (Å²) >= 11 is 0.